The Hall–Kier alpha value is -1.34. The zero-order valence-electron chi connectivity index (χ0n) is 13.2. The van der Waals surface area contributed by atoms with E-state index in [2.05, 4.69) is 4.99 Å². The van der Waals surface area contributed by atoms with E-state index in [0.29, 0.717) is 11.6 Å². The Morgan fingerprint density at radius 3 is 2.65 bits per heavy atom. The number of carbonyl (C=O) groups is 1. The standard InChI is InChI=1S/C16H20N2O3S2/c1-3-12(11-7-5-4-6-8-11)15(19)17-16-18(2)13-9-23(20,21)10-14(13)22-16/h4-8,12-14H,3,9-10H2,1-2H3/t12?,13-,14+/m0/s1. The molecule has 3 atom stereocenters. The lowest BCUT2D eigenvalue weighted by atomic mass is 9.96. The van der Waals surface area contributed by atoms with Gasteiger partial charge in [-0.3, -0.25) is 4.79 Å². The molecule has 0 bridgehead atoms. The molecule has 1 unspecified atom stereocenters. The summed E-state index contributed by atoms with van der Waals surface area (Å²) in [4.78, 5) is 18.7. The lowest BCUT2D eigenvalue weighted by molar-refractivity contribution is -0.119. The van der Waals surface area contributed by atoms with Crippen molar-refractivity contribution in [3.8, 4) is 0 Å². The fourth-order valence-corrected chi connectivity index (χ4v) is 7.15. The van der Waals surface area contributed by atoms with E-state index in [-0.39, 0.29) is 34.6 Å². The van der Waals surface area contributed by atoms with E-state index < -0.39 is 9.84 Å². The van der Waals surface area contributed by atoms with Crippen molar-refractivity contribution in [1.82, 2.24) is 4.90 Å². The number of benzene rings is 1. The number of amides is 1. The Morgan fingerprint density at radius 1 is 1.35 bits per heavy atom. The van der Waals surface area contributed by atoms with Gasteiger partial charge in [-0.2, -0.15) is 4.99 Å². The summed E-state index contributed by atoms with van der Waals surface area (Å²) in [6, 6.07) is 9.59. The van der Waals surface area contributed by atoms with Gasteiger partial charge in [0.25, 0.3) is 5.91 Å². The number of carbonyl (C=O) groups excluding carboxylic acids is 1. The van der Waals surface area contributed by atoms with Gasteiger partial charge in [-0.05, 0) is 12.0 Å². The molecule has 124 valence electrons. The molecule has 5 nitrogen and oxygen atoms in total. The number of aliphatic imine (C=N–C) groups is 1. The first-order valence-corrected chi connectivity index (χ1v) is 10.4. The van der Waals surface area contributed by atoms with Crippen molar-refractivity contribution in [3.63, 3.8) is 0 Å². The molecule has 0 saturated carbocycles. The Bertz CT molecular complexity index is 731. The number of hydrogen-bond acceptors (Lipinski definition) is 4. The highest BCUT2D eigenvalue weighted by Gasteiger charge is 2.47. The van der Waals surface area contributed by atoms with Gasteiger partial charge in [-0.25, -0.2) is 8.42 Å². The fourth-order valence-electron chi connectivity index (χ4n) is 3.15. The minimum absolute atomic E-state index is 0.00616. The zero-order chi connectivity index (χ0) is 16.6. The number of nitrogens with zero attached hydrogens (tertiary/aromatic N) is 2. The van der Waals surface area contributed by atoms with Crippen LogP contribution in [0.5, 0.6) is 0 Å². The molecule has 23 heavy (non-hydrogen) atoms. The SMILES string of the molecule is CCC(C(=O)N=C1S[C@@H]2CS(=O)(=O)C[C@@H]2N1C)c1ccccc1. The third kappa shape index (κ3) is 3.30. The highest BCUT2D eigenvalue weighted by atomic mass is 32.2. The van der Waals surface area contributed by atoms with Gasteiger partial charge in [0.2, 0.25) is 0 Å². The van der Waals surface area contributed by atoms with Gasteiger partial charge in [0.1, 0.15) is 0 Å². The van der Waals surface area contributed by atoms with Crippen LogP contribution >= 0.6 is 11.8 Å². The van der Waals surface area contributed by atoms with Crippen molar-refractivity contribution in [3.05, 3.63) is 35.9 Å². The summed E-state index contributed by atoms with van der Waals surface area (Å²) in [6.45, 7) is 1.97. The van der Waals surface area contributed by atoms with Crippen LogP contribution in [0.15, 0.2) is 35.3 Å². The van der Waals surface area contributed by atoms with Gasteiger partial charge in [0.15, 0.2) is 15.0 Å². The number of rotatable bonds is 3. The average Bonchev–Trinajstić information content (AvgIpc) is 2.95. The molecule has 1 aromatic rings. The second kappa shape index (κ2) is 6.28. The molecule has 7 heteroatoms. The van der Waals surface area contributed by atoms with Crippen LogP contribution < -0.4 is 0 Å². The van der Waals surface area contributed by atoms with E-state index in [4.69, 9.17) is 0 Å². The molecule has 2 fully saturated rings. The maximum Gasteiger partial charge on any atom is 0.255 e. The summed E-state index contributed by atoms with van der Waals surface area (Å²) in [6.07, 6.45) is 0.690. The second-order valence-corrected chi connectivity index (χ2v) is 9.38. The first-order valence-electron chi connectivity index (χ1n) is 7.68. The van der Waals surface area contributed by atoms with Gasteiger partial charge in [0, 0.05) is 12.3 Å². The summed E-state index contributed by atoms with van der Waals surface area (Å²) in [5.74, 6) is -0.0715. The molecule has 0 aliphatic carbocycles. The van der Waals surface area contributed by atoms with Crippen molar-refractivity contribution in [2.24, 2.45) is 4.99 Å². The summed E-state index contributed by atoms with van der Waals surface area (Å²) in [7, 11) is -1.13. The van der Waals surface area contributed by atoms with Crippen molar-refractivity contribution in [2.75, 3.05) is 18.6 Å². The lowest BCUT2D eigenvalue weighted by Crippen LogP contribution is -2.34. The molecular formula is C16H20N2O3S2. The van der Waals surface area contributed by atoms with Gasteiger partial charge >= 0.3 is 0 Å². The van der Waals surface area contributed by atoms with E-state index in [0.717, 1.165) is 5.56 Å². The number of thioether (sulfide) groups is 1. The summed E-state index contributed by atoms with van der Waals surface area (Å²) in [5, 5.41) is 0.641. The van der Waals surface area contributed by atoms with Crippen LogP contribution in [0, 0.1) is 0 Å². The van der Waals surface area contributed by atoms with Crippen LogP contribution in [-0.2, 0) is 14.6 Å². The fraction of sp³-hybridized carbons (Fsp3) is 0.500. The molecule has 0 radical (unpaired) electrons. The van der Waals surface area contributed by atoms with Crippen LogP contribution in [0.3, 0.4) is 0 Å². The van der Waals surface area contributed by atoms with Crippen molar-refractivity contribution in [2.45, 2.75) is 30.6 Å². The lowest BCUT2D eigenvalue weighted by Gasteiger charge is -2.18. The van der Waals surface area contributed by atoms with Crippen LogP contribution in [0.4, 0.5) is 0 Å². The summed E-state index contributed by atoms with van der Waals surface area (Å²) >= 11 is 1.42. The van der Waals surface area contributed by atoms with E-state index in [1.807, 2.05) is 49.2 Å². The quantitative estimate of drug-likeness (QED) is 0.831. The molecule has 0 spiro atoms. The first-order chi connectivity index (χ1) is 10.9. The maximum absolute atomic E-state index is 12.6. The Balaban J connectivity index is 1.78. The summed E-state index contributed by atoms with van der Waals surface area (Å²) < 4.78 is 23.4. The monoisotopic (exact) mass is 352 g/mol. The smallest absolute Gasteiger partial charge is 0.255 e. The largest absolute Gasteiger partial charge is 0.349 e. The minimum atomic E-state index is -2.96. The molecule has 0 aromatic heterocycles. The normalized spacial score (nSPS) is 28.8. The molecule has 1 aromatic carbocycles. The molecule has 2 heterocycles. The van der Waals surface area contributed by atoms with Crippen molar-refractivity contribution >= 4 is 32.7 Å². The number of sulfone groups is 1. The second-order valence-electron chi connectivity index (χ2n) is 6.02. The van der Waals surface area contributed by atoms with Crippen molar-refractivity contribution in [1.29, 1.82) is 0 Å². The Labute approximate surface area is 141 Å². The number of hydrogen-bond donors (Lipinski definition) is 0. The predicted molar refractivity (Wildman–Crippen MR) is 93.5 cm³/mol. The van der Waals surface area contributed by atoms with E-state index in [9.17, 15) is 13.2 Å². The zero-order valence-corrected chi connectivity index (χ0v) is 14.8. The molecule has 3 rings (SSSR count). The van der Waals surface area contributed by atoms with Gasteiger partial charge in [-0.15, -0.1) is 0 Å². The highest BCUT2D eigenvalue weighted by Crippen LogP contribution is 2.37. The molecule has 0 N–H and O–H groups in total. The molecule has 2 aliphatic rings. The molecule has 1 amide bonds. The van der Waals surface area contributed by atoms with Gasteiger partial charge in [0.05, 0.1) is 23.5 Å². The van der Waals surface area contributed by atoms with E-state index in [1.54, 1.807) is 0 Å². The topological polar surface area (TPSA) is 66.8 Å². The van der Waals surface area contributed by atoms with Gasteiger partial charge in [-0.1, -0.05) is 49.0 Å². The van der Waals surface area contributed by atoms with Crippen LogP contribution in [-0.4, -0.2) is 54.2 Å². The van der Waals surface area contributed by atoms with Crippen LogP contribution in [0.25, 0.3) is 0 Å². The molecule has 2 aliphatic heterocycles. The Kier molecular flexibility index (Phi) is 4.51. The third-order valence-electron chi connectivity index (χ3n) is 4.44. The van der Waals surface area contributed by atoms with Crippen molar-refractivity contribution < 1.29 is 13.2 Å². The first kappa shape index (κ1) is 16.5. The van der Waals surface area contributed by atoms with E-state index >= 15 is 0 Å². The third-order valence-corrected chi connectivity index (χ3v) is 7.74. The van der Waals surface area contributed by atoms with Crippen LogP contribution in [0.1, 0.15) is 24.8 Å². The van der Waals surface area contributed by atoms with Crippen LogP contribution in [0.2, 0.25) is 0 Å². The molecular weight excluding hydrogens is 332 g/mol. The molecule has 2 saturated heterocycles. The predicted octanol–water partition coefficient (Wildman–Crippen LogP) is 1.91. The number of fused-ring (bicyclic) bond motifs is 1. The Morgan fingerprint density at radius 2 is 2.04 bits per heavy atom. The summed E-state index contributed by atoms with van der Waals surface area (Å²) in [5.41, 5.74) is 0.970. The number of amidine groups is 1. The highest BCUT2D eigenvalue weighted by molar-refractivity contribution is 8.15. The maximum atomic E-state index is 12.6. The average molecular weight is 352 g/mol. The van der Waals surface area contributed by atoms with Gasteiger partial charge < -0.3 is 4.90 Å². The minimum Gasteiger partial charge on any atom is -0.349 e. The van der Waals surface area contributed by atoms with E-state index in [1.165, 1.54) is 11.8 Å².